The Balaban J connectivity index is 2.26. The molecule has 1 fully saturated rings. The van der Waals surface area contributed by atoms with Gasteiger partial charge in [-0.2, -0.15) is 0 Å². The molecule has 0 spiro atoms. The minimum atomic E-state index is -0.568. The third-order valence-electron chi connectivity index (χ3n) is 4.10. The van der Waals surface area contributed by atoms with Gasteiger partial charge >= 0.3 is 0 Å². The number of nitrogens with two attached hydrogens (primary N) is 2. The topological polar surface area (TPSA) is 89.4 Å². The minimum Gasteiger partial charge on any atom is -0.397 e. The lowest BCUT2D eigenvalue weighted by atomic mass is 9.89. The summed E-state index contributed by atoms with van der Waals surface area (Å²) in [5.74, 6) is -0.0624. The average molecular weight is 309 g/mol. The van der Waals surface area contributed by atoms with E-state index in [0.717, 1.165) is 11.5 Å². The van der Waals surface area contributed by atoms with Gasteiger partial charge in [-0.3, -0.25) is 9.59 Å². The van der Waals surface area contributed by atoms with Crippen molar-refractivity contribution in [2.24, 2.45) is 11.7 Å². The predicted octanol–water partition coefficient (Wildman–Crippen LogP) is 2.65. The highest BCUT2D eigenvalue weighted by Crippen LogP contribution is 2.38. The van der Waals surface area contributed by atoms with E-state index in [1.54, 1.807) is 0 Å². The number of nitrogen functional groups attached to an aromatic ring is 1. The van der Waals surface area contributed by atoms with Gasteiger partial charge < -0.3 is 16.4 Å². The molecule has 1 aromatic heterocycles. The van der Waals surface area contributed by atoms with E-state index in [1.807, 2.05) is 11.9 Å². The molecule has 0 atom stereocenters. The molecule has 0 aromatic carbocycles. The zero-order valence-electron chi connectivity index (χ0n) is 12.6. The number of Topliss-reactive ketones (excluding diaryl/α,β-unsaturated/α-hetero) is 1. The largest absolute Gasteiger partial charge is 0.397 e. The monoisotopic (exact) mass is 309 g/mol. The molecule has 6 heteroatoms. The molecular formula is C15H23N3O2S. The highest BCUT2D eigenvalue weighted by atomic mass is 32.1. The quantitative estimate of drug-likeness (QED) is 0.818. The summed E-state index contributed by atoms with van der Waals surface area (Å²) >= 11 is 1.27. The van der Waals surface area contributed by atoms with Crippen molar-refractivity contribution in [2.45, 2.75) is 39.0 Å². The Labute approximate surface area is 129 Å². The van der Waals surface area contributed by atoms with Crippen LogP contribution in [-0.2, 0) is 0 Å². The lowest BCUT2D eigenvalue weighted by molar-refractivity contribution is 0.100. The number of hydrogen-bond acceptors (Lipinski definition) is 5. The normalized spacial score (nSPS) is 15.9. The van der Waals surface area contributed by atoms with Crippen molar-refractivity contribution in [2.75, 3.05) is 24.2 Å². The maximum absolute atomic E-state index is 11.7. The molecule has 1 amide bonds. The maximum atomic E-state index is 11.7. The zero-order chi connectivity index (χ0) is 15.6. The molecule has 0 unspecified atom stereocenters. The van der Waals surface area contributed by atoms with Crippen LogP contribution in [0.5, 0.6) is 0 Å². The number of rotatable bonds is 5. The van der Waals surface area contributed by atoms with Gasteiger partial charge in [-0.25, -0.2) is 0 Å². The molecule has 4 N–H and O–H groups in total. The number of ketones is 1. The van der Waals surface area contributed by atoms with E-state index in [9.17, 15) is 9.59 Å². The van der Waals surface area contributed by atoms with Gasteiger partial charge in [0.05, 0.1) is 16.1 Å². The zero-order valence-corrected chi connectivity index (χ0v) is 13.5. The van der Waals surface area contributed by atoms with Crippen LogP contribution in [0.15, 0.2) is 0 Å². The number of anilines is 2. The van der Waals surface area contributed by atoms with Gasteiger partial charge in [0.15, 0.2) is 5.78 Å². The van der Waals surface area contributed by atoms with E-state index in [2.05, 4.69) is 0 Å². The van der Waals surface area contributed by atoms with Crippen molar-refractivity contribution in [3.05, 3.63) is 10.4 Å². The van der Waals surface area contributed by atoms with Crippen molar-refractivity contribution < 1.29 is 9.59 Å². The number of carbonyl (C=O) groups is 2. The van der Waals surface area contributed by atoms with E-state index in [0.29, 0.717) is 16.4 Å². The van der Waals surface area contributed by atoms with Crippen molar-refractivity contribution in [3.8, 4) is 0 Å². The smallest absolute Gasteiger partial charge is 0.253 e. The Kier molecular flexibility index (Phi) is 4.88. The number of hydrogen-bond donors (Lipinski definition) is 2. The molecule has 21 heavy (non-hydrogen) atoms. The van der Waals surface area contributed by atoms with E-state index >= 15 is 0 Å². The first-order valence-corrected chi connectivity index (χ1v) is 8.17. The van der Waals surface area contributed by atoms with E-state index in [4.69, 9.17) is 11.5 Å². The number of amides is 1. The van der Waals surface area contributed by atoms with Crippen molar-refractivity contribution in [3.63, 3.8) is 0 Å². The van der Waals surface area contributed by atoms with Gasteiger partial charge in [0.1, 0.15) is 5.00 Å². The second-order valence-corrected chi connectivity index (χ2v) is 6.83. The predicted molar refractivity (Wildman–Crippen MR) is 87.1 cm³/mol. The minimum absolute atomic E-state index is 0.127. The average Bonchev–Trinajstić information content (AvgIpc) is 2.78. The van der Waals surface area contributed by atoms with Gasteiger partial charge in [-0.05, 0) is 18.8 Å². The fourth-order valence-electron chi connectivity index (χ4n) is 3.04. The molecule has 0 radical (unpaired) electrons. The third kappa shape index (κ3) is 3.37. The molecule has 1 aromatic rings. The summed E-state index contributed by atoms with van der Waals surface area (Å²) in [6.07, 6.45) is 6.29. The molecule has 2 rings (SSSR count). The summed E-state index contributed by atoms with van der Waals surface area (Å²) in [6.45, 7) is 2.33. The highest BCUT2D eigenvalue weighted by Gasteiger charge is 2.26. The van der Waals surface area contributed by atoms with Gasteiger partial charge in [-0.1, -0.05) is 19.3 Å². The second kappa shape index (κ2) is 6.47. The van der Waals surface area contributed by atoms with Crippen LogP contribution in [0.2, 0.25) is 0 Å². The van der Waals surface area contributed by atoms with Crippen LogP contribution in [0.1, 0.15) is 59.1 Å². The maximum Gasteiger partial charge on any atom is 0.253 e. The number of carbonyl (C=O) groups excluding carboxylic acids is 2. The SMILES string of the molecule is CC(=O)c1sc(N(C)CC2CCCCC2)c(C(N)=O)c1N. The molecule has 1 aliphatic rings. The summed E-state index contributed by atoms with van der Waals surface area (Å²) in [7, 11) is 1.94. The third-order valence-corrected chi connectivity index (χ3v) is 5.52. The fourth-order valence-corrected chi connectivity index (χ4v) is 4.13. The molecule has 0 bridgehead atoms. The molecule has 5 nitrogen and oxygen atoms in total. The van der Waals surface area contributed by atoms with Crippen molar-refractivity contribution in [1.82, 2.24) is 0 Å². The van der Waals surface area contributed by atoms with Crippen LogP contribution in [-0.4, -0.2) is 25.3 Å². The second-order valence-electron chi connectivity index (χ2n) is 5.83. The summed E-state index contributed by atoms with van der Waals surface area (Å²) in [5.41, 5.74) is 11.9. The number of nitrogens with zero attached hydrogens (tertiary/aromatic N) is 1. The summed E-state index contributed by atoms with van der Waals surface area (Å²) in [4.78, 5) is 25.8. The highest BCUT2D eigenvalue weighted by molar-refractivity contribution is 7.19. The van der Waals surface area contributed by atoms with Crippen LogP contribution in [0, 0.1) is 5.92 Å². The summed E-state index contributed by atoms with van der Waals surface area (Å²) < 4.78 is 0. The fraction of sp³-hybridized carbons (Fsp3) is 0.600. The van der Waals surface area contributed by atoms with Crippen LogP contribution < -0.4 is 16.4 Å². The Bertz CT molecular complexity index is 547. The first-order chi connectivity index (χ1) is 9.91. The lowest BCUT2D eigenvalue weighted by Gasteiger charge is -2.28. The number of primary amides is 1. The van der Waals surface area contributed by atoms with Crippen LogP contribution >= 0.6 is 11.3 Å². The van der Waals surface area contributed by atoms with E-state index in [1.165, 1.54) is 50.4 Å². The first kappa shape index (κ1) is 15.8. The van der Waals surface area contributed by atoms with E-state index in [-0.39, 0.29) is 11.5 Å². The Hall–Kier alpha value is -1.56. The van der Waals surface area contributed by atoms with Crippen LogP contribution in [0.25, 0.3) is 0 Å². The summed E-state index contributed by atoms with van der Waals surface area (Å²) in [6, 6.07) is 0. The van der Waals surface area contributed by atoms with Crippen LogP contribution in [0.4, 0.5) is 10.7 Å². The van der Waals surface area contributed by atoms with Gasteiger partial charge in [0.2, 0.25) is 0 Å². The van der Waals surface area contributed by atoms with Crippen molar-refractivity contribution >= 4 is 33.7 Å². The Morgan fingerprint density at radius 2 is 1.90 bits per heavy atom. The Morgan fingerprint density at radius 3 is 2.43 bits per heavy atom. The van der Waals surface area contributed by atoms with Gasteiger partial charge in [0.25, 0.3) is 5.91 Å². The summed E-state index contributed by atoms with van der Waals surface area (Å²) in [5, 5.41) is 0.718. The molecule has 1 saturated carbocycles. The first-order valence-electron chi connectivity index (χ1n) is 7.36. The lowest BCUT2D eigenvalue weighted by Crippen LogP contribution is -2.28. The Morgan fingerprint density at radius 1 is 1.29 bits per heavy atom. The van der Waals surface area contributed by atoms with Gasteiger partial charge in [-0.15, -0.1) is 11.3 Å². The number of thiophene rings is 1. The standard InChI is InChI=1S/C15H23N3O2S/c1-9(19)13-12(16)11(14(17)20)15(21-13)18(2)8-10-6-4-3-5-7-10/h10H,3-8,16H2,1-2H3,(H2,17,20). The molecular weight excluding hydrogens is 286 g/mol. The molecule has 116 valence electrons. The van der Waals surface area contributed by atoms with Crippen LogP contribution in [0.3, 0.4) is 0 Å². The molecule has 1 heterocycles. The molecule has 0 aliphatic heterocycles. The molecule has 0 saturated heterocycles. The van der Waals surface area contributed by atoms with Crippen molar-refractivity contribution in [1.29, 1.82) is 0 Å². The molecule has 1 aliphatic carbocycles. The van der Waals surface area contributed by atoms with E-state index < -0.39 is 5.91 Å². The van der Waals surface area contributed by atoms with Gasteiger partial charge in [0, 0.05) is 20.5 Å².